The van der Waals surface area contributed by atoms with Crippen LogP contribution in [0.25, 0.3) is 11.4 Å². The van der Waals surface area contributed by atoms with E-state index in [0.29, 0.717) is 29.8 Å². The Hall–Kier alpha value is -3.44. The molecule has 0 fully saturated rings. The quantitative estimate of drug-likeness (QED) is 0.677. The molecule has 1 aliphatic heterocycles. The van der Waals surface area contributed by atoms with Crippen LogP contribution in [0.2, 0.25) is 0 Å². The van der Waals surface area contributed by atoms with E-state index in [1.54, 1.807) is 42.5 Å². The van der Waals surface area contributed by atoms with E-state index in [-0.39, 0.29) is 16.1 Å². The molecule has 170 valence electrons. The van der Waals surface area contributed by atoms with E-state index in [2.05, 4.69) is 36.7 Å². The van der Waals surface area contributed by atoms with E-state index in [4.69, 9.17) is 0 Å². The van der Waals surface area contributed by atoms with Crippen molar-refractivity contribution in [1.29, 1.82) is 5.26 Å². The van der Waals surface area contributed by atoms with Crippen molar-refractivity contribution in [2.45, 2.75) is 49.8 Å². The highest BCUT2D eigenvalue weighted by atomic mass is 32.2. The van der Waals surface area contributed by atoms with Crippen molar-refractivity contribution in [3.05, 3.63) is 83.5 Å². The van der Waals surface area contributed by atoms with Gasteiger partial charge in [0.15, 0.2) is 0 Å². The lowest BCUT2D eigenvalue weighted by Crippen LogP contribution is -2.29. The molecular weight excluding hydrogens is 439 g/mol. The summed E-state index contributed by atoms with van der Waals surface area (Å²) in [4.78, 5) is 0.135. The number of allylic oxidation sites excluding steroid dienone is 7. The molecule has 0 bridgehead atoms. The van der Waals surface area contributed by atoms with Crippen molar-refractivity contribution in [2.24, 2.45) is 0 Å². The number of hydrogen-bond donors (Lipinski definition) is 1. The first-order valence-electron chi connectivity index (χ1n) is 10.7. The average molecular weight is 465 g/mol. The average Bonchev–Trinajstić information content (AvgIpc) is 3.10. The molecule has 0 saturated heterocycles. The molecule has 4 rings (SSSR count). The summed E-state index contributed by atoms with van der Waals surface area (Å²) >= 11 is 0. The Bertz CT molecular complexity index is 1350. The highest BCUT2D eigenvalue weighted by Gasteiger charge is 2.27. The highest BCUT2D eigenvalue weighted by Crippen LogP contribution is 2.32. The summed E-state index contributed by atoms with van der Waals surface area (Å²) in [6, 6.07) is 10.7. The predicted octanol–water partition coefficient (Wildman–Crippen LogP) is 5.17. The van der Waals surface area contributed by atoms with Crippen LogP contribution >= 0.6 is 0 Å². The first-order valence-corrected chi connectivity index (χ1v) is 12.1. The predicted molar refractivity (Wildman–Crippen MR) is 126 cm³/mol. The molecule has 0 saturated carbocycles. The molecule has 1 aromatic heterocycles. The number of sulfonamides is 1. The fourth-order valence-corrected chi connectivity index (χ4v) is 4.82. The minimum Gasteiger partial charge on any atom is -0.264 e. The number of nitrogens with one attached hydrogen (secondary N) is 1. The van der Waals surface area contributed by atoms with Crippen LogP contribution in [-0.2, 0) is 15.4 Å². The molecule has 8 heteroatoms. The van der Waals surface area contributed by atoms with Crippen LogP contribution in [0.15, 0.2) is 71.4 Å². The van der Waals surface area contributed by atoms with E-state index in [0.717, 1.165) is 5.56 Å². The van der Waals surface area contributed by atoms with Crippen LogP contribution in [-0.4, -0.2) is 18.2 Å². The van der Waals surface area contributed by atoms with Gasteiger partial charge in [-0.05, 0) is 60.2 Å². The third kappa shape index (κ3) is 4.69. The molecule has 2 heterocycles. The fourth-order valence-electron chi connectivity index (χ4n) is 3.76. The Labute approximate surface area is 193 Å². The molecule has 1 aromatic carbocycles. The molecular formula is C25H25FN4O2S. The van der Waals surface area contributed by atoms with Gasteiger partial charge in [0.25, 0.3) is 10.0 Å². The molecule has 6 nitrogen and oxygen atoms in total. The lowest BCUT2D eigenvalue weighted by Gasteiger charge is -2.21. The van der Waals surface area contributed by atoms with Crippen LogP contribution in [0.1, 0.15) is 56.5 Å². The van der Waals surface area contributed by atoms with Crippen molar-refractivity contribution < 1.29 is 12.8 Å². The Morgan fingerprint density at radius 3 is 2.61 bits per heavy atom. The van der Waals surface area contributed by atoms with Crippen LogP contribution in [0.3, 0.4) is 0 Å². The second-order valence-electron chi connectivity index (χ2n) is 9.08. The van der Waals surface area contributed by atoms with Crippen LogP contribution in [0.5, 0.6) is 0 Å². The molecule has 0 amide bonds. The fraction of sp³-hybridized carbons (Fsp3) is 0.280. The number of aromatic nitrogens is 2. The Balaban J connectivity index is 1.67. The van der Waals surface area contributed by atoms with Gasteiger partial charge in [-0.25, -0.2) is 17.5 Å². The van der Waals surface area contributed by atoms with E-state index in [1.165, 1.54) is 16.8 Å². The lowest BCUT2D eigenvalue weighted by molar-refractivity contribution is 0.582. The van der Waals surface area contributed by atoms with Gasteiger partial charge in [0, 0.05) is 5.57 Å². The van der Waals surface area contributed by atoms with E-state index >= 15 is 0 Å². The number of rotatable bonds is 4. The summed E-state index contributed by atoms with van der Waals surface area (Å²) < 4.78 is 44.1. The van der Waals surface area contributed by atoms with Crippen molar-refractivity contribution >= 4 is 21.4 Å². The summed E-state index contributed by atoms with van der Waals surface area (Å²) in [5.41, 5.74) is 2.55. The summed E-state index contributed by atoms with van der Waals surface area (Å²) in [5, 5.41) is 14.1. The second-order valence-corrected chi connectivity index (χ2v) is 10.8. The maximum Gasteiger partial charge on any atom is 0.263 e. The highest BCUT2D eigenvalue weighted by molar-refractivity contribution is 7.89. The molecule has 1 unspecified atom stereocenters. The summed E-state index contributed by atoms with van der Waals surface area (Å²) in [5.74, 6) is -0.625. The first-order chi connectivity index (χ1) is 15.6. The Kier molecular flexibility index (Phi) is 5.85. The minimum atomic E-state index is -3.88. The van der Waals surface area contributed by atoms with Gasteiger partial charge < -0.3 is 0 Å². The molecule has 1 atom stereocenters. The van der Waals surface area contributed by atoms with Gasteiger partial charge >= 0.3 is 0 Å². The Morgan fingerprint density at radius 2 is 1.94 bits per heavy atom. The number of hydrogen-bond acceptors (Lipinski definition) is 4. The number of fused-ring (bicyclic) bond motifs is 1. The smallest absolute Gasteiger partial charge is 0.263 e. The zero-order valence-electron chi connectivity index (χ0n) is 18.7. The maximum absolute atomic E-state index is 13.9. The summed E-state index contributed by atoms with van der Waals surface area (Å²) in [6.07, 6.45) is 8.85. The number of nitriles is 1. The molecule has 1 aliphatic carbocycles. The molecule has 33 heavy (non-hydrogen) atoms. The van der Waals surface area contributed by atoms with Gasteiger partial charge in [0.1, 0.15) is 11.6 Å². The third-order valence-corrected chi connectivity index (χ3v) is 7.01. The molecule has 0 radical (unpaired) electrons. The van der Waals surface area contributed by atoms with Gasteiger partial charge in [0.2, 0.25) is 0 Å². The van der Waals surface area contributed by atoms with Crippen molar-refractivity contribution in [1.82, 2.24) is 14.5 Å². The summed E-state index contributed by atoms with van der Waals surface area (Å²) in [7, 11) is -3.88. The molecule has 1 N–H and O–H groups in total. The first kappa shape index (κ1) is 22.7. The topological polar surface area (TPSA) is 87.8 Å². The van der Waals surface area contributed by atoms with E-state index in [9.17, 15) is 18.1 Å². The number of benzene rings is 1. The van der Waals surface area contributed by atoms with E-state index in [1.807, 2.05) is 6.08 Å². The summed E-state index contributed by atoms with van der Waals surface area (Å²) in [6.45, 7) is 6.18. The van der Waals surface area contributed by atoms with Crippen molar-refractivity contribution in [3.8, 4) is 6.07 Å². The second kappa shape index (κ2) is 8.49. The van der Waals surface area contributed by atoms with Crippen LogP contribution < -0.4 is 4.72 Å². The minimum absolute atomic E-state index is 0.0928. The van der Waals surface area contributed by atoms with Crippen LogP contribution in [0.4, 0.5) is 4.39 Å². The third-order valence-electron chi connectivity index (χ3n) is 5.63. The van der Waals surface area contributed by atoms with Gasteiger partial charge in [-0.2, -0.15) is 10.4 Å². The normalized spacial score (nSPS) is 18.4. The SMILES string of the molecule is CC(C)(C)c1ccc(S(=O)(=O)NC2=CCC(C#N)c3cc(C4=CCC=CC(F)=C4)nn32)cc1. The maximum atomic E-state index is 13.9. The van der Waals surface area contributed by atoms with Crippen LogP contribution in [0, 0.1) is 11.3 Å². The van der Waals surface area contributed by atoms with Gasteiger partial charge in [-0.3, -0.25) is 4.72 Å². The Morgan fingerprint density at radius 1 is 1.21 bits per heavy atom. The standard InChI is InChI=1S/C25H25FN4O2S/c1-25(2,3)19-9-11-21(12-10-19)33(31,32)29-24-13-8-18(16-27)23-15-22(28-30(23)24)17-6-4-5-7-20(26)14-17/h5-7,9-15,18,29H,4,8H2,1-3H3. The lowest BCUT2D eigenvalue weighted by atomic mass is 9.87. The van der Waals surface area contributed by atoms with E-state index < -0.39 is 21.8 Å². The van der Waals surface area contributed by atoms with Gasteiger partial charge in [-0.15, -0.1) is 0 Å². The van der Waals surface area contributed by atoms with Gasteiger partial charge in [0.05, 0.1) is 28.3 Å². The van der Waals surface area contributed by atoms with Gasteiger partial charge in [-0.1, -0.05) is 45.1 Å². The monoisotopic (exact) mass is 464 g/mol. The zero-order valence-corrected chi connectivity index (χ0v) is 19.5. The van der Waals surface area contributed by atoms with Crippen molar-refractivity contribution in [2.75, 3.05) is 0 Å². The largest absolute Gasteiger partial charge is 0.264 e. The number of nitrogens with zero attached hydrogens (tertiary/aromatic N) is 3. The molecule has 0 spiro atoms. The zero-order chi connectivity index (χ0) is 23.8. The number of halogens is 1. The molecule has 2 aromatic rings. The molecule has 2 aliphatic rings. The van der Waals surface area contributed by atoms with Crippen molar-refractivity contribution in [3.63, 3.8) is 0 Å².